The van der Waals surface area contributed by atoms with Gasteiger partial charge in [0.25, 0.3) is 5.56 Å². The molecule has 1 N–H and O–H groups in total. The van der Waals surface area contributed by atoms with Crippen molar-refractivity contribution in [1.29, 1.82) is 0 Å². The molecule has 0 aliphatic carbocycles. The average molecular weight is 329 g/mol. The minimum atomic E-state index is -0.256. The van der Waals surface area contributed by atoms with Gasteiger partial charge in [-0.25, -0.2) is 0 Å². The Labute approximate surface area is 139 Å². The zero-order valence-corrected chi connectivity index (χ0v) is 14.5. The zero-order chi connectivity index (χ0) is 16.7. The number of fused-ring (bicyclic) bond motifs is 1. The summed E-state index contributed by atoms with van der Waals surface area (Å²) in [5.41, 5.74) is 3.55. The van der Waals surface area contributed by atoms with Gasteiger partial charge in [-0.05, 0) is 31.2 Å². The first kappa shape index (κ1) is 15.8. The molecule has 1 atom stereocenters. The fraction of sp³-hybridized carbons (Fsp3) is 0.353. The van der Waals surface area contributed by atoms with E-state index in [0.717, 1.165) is 16.7 Å². The van der Waals surface area contributed by atoms with E-state index < -0.39 is 0 Å². The highest BCUT2D eigenvalue weighted by molar-refractivity contribution is 7.98. The van der Waals surface area contributed by atoms with E-state index >= 15 is 0 Å². The van der Waals surface area contributed by atoms with Crippen molar-refractivity contribution in [3.63, 3.8) is 0 Å². The molecule has 2 aromatic rings. The van der Waals surface area contributed by atoms with Crippen molar-refractivity contribution in [3.05, 3.63) is 50.8 Å². The molecular weight excluding hydrogens is 310 g/mol. The fourth-order valence-electron chi connectivity index (χ4n) is 3.12. The largest absolute Gasteiger partial charge is 0.312 e. The molecule has 5 nitrogen and oxygen atoms in total. The minimum Gasteiger partial charge on any atom is -0.312 e. The number of aryl methyl sites for hydroxylation is 2. The molecule has 120 valence electrons. The third-order valence-corrected chi connectivity index (χ3v) is 5.02. The maximum absolute atomic E-state index is 12.6. The molecule has 0 radical (unpaired) electrons. The van der Waals surface area contributed by atoms with Crippen molar-refractivity contribution in [1.82, 2.24) is 9.55 Å². The highest BCUT2D eigenvalue weighted by Crippen LogP contribution is 2.37. The van der Waals surface area contributed by atoms with Crippen LogP contribution in [0.25, 0.3) is 0 Å². The summed E-state index contributed by atoms with van der Waals surface area (Å²) in [7, 11) is 1.82. The molecule has 1 aromatic heterocycles. The van der Waals surface area contributed by atoms with Gasteiger partial charge < -0.3 is 9.88 Å². The lowest BCUT2D eigenvalue weighted by atomic mass is 9.84. The van der Waals surface area contributed by atoms with Gasteiger partial charge in [0.2, 0.25) is 5.91 Å². The summed E-state index contributed by atoms with van der Waals surface area (Å²) in [5, 5.41) is 3.44. The molecular formula is C17H19N3O2S. The Morgan fingerprint density at radius 2 is 2.04 bits per heavy atom. The third-order valence-electron chi connectivity index (χ3n) is 4.29. The van der Waals surface area contributed by atoms with Crippen LogP contribution in [-0.2, 0) is 11.8 Å². The summed E-state index contributed by atoms with van der Waals surface area (Å²) in [6, 6.07) is 6.13. The number of benzene rings is 1. The van der Waals surface area contributed by atoms with Crippen molar-refractivity contribution in [2.75, 3.05) is 11.6 Å². The minimum absolute atomic E-state index is 0.0725. The van der Waals surface area contributed by atoms with E-state index in [1.165, 1.54) is 11.8 Å². The summed E-state index contributed by atoms with van der Waals surface area (Å²) < 4.78 is 1.79. The van der Waals surface area contributed by atoms with Crippen molar-refractivity contribution in [2.24, 2.45) is 7.05 Å². The summed E-state index contributed by atoms with van der Waals surface area (Å²) in [4.78, 5) is 29.0. The first-order valence-corrected chi connectivity index (χ1v) is 8.66. The molecule has 1 aliphatic heterocycles. The van der Waals surface area contributed by atoms with E-state index in [2.05, 4.69) is 16.4 Å². The van der Waals surface area contributed by atoms with Gasteiger partial charge in [0.1, 0.15) is 5.82 Å². The molecule has 0 unspecified atom stereocenters. The maximum Gasteiger partial charge on any atom is 0.279 e. The van der Waals surface area contributed by atoms with Crippen LogP contribution in [0.1, 0.15) is 34.6 Å². The van der Waals surface area contributed by atoms with Gasteiger partial charge >= 0.3 is 0 Å². The van der Waals surface area contributed by atoms with Crippen molar-refractivity contribution < 1.29 is 4.79 Å². The molecule has 0 saturated heterocycles. The van der Waals surface area contributed by atoms with Crippen LogP contribution in [0.15, 0.2) is 28.2 Å². The number of hydrogen-bond donors (Lipinski definition) is 1. The van der Waals surface area contributed by atoms with Gasteiger partial charge in [-0.3, -0.25) is 9.59 Å². The predicted octanol–water partition coefficient (Wildman–Crippen LogP) is 2.59. The van der Waals surface area contributed by atoms with E-state index in [9.17, 15) is 9.59 Å². The molecule has 6 heteroatoms. The highest BCUT2D eigenvalue weighted by Gasteiger charge is 2.32. The molecule has 3 rings (SSSR count). The number of nitrogens with one attached hydrogen (secondary N) is 1. The summed E-state index contributed by atoms with van der Waals surface area (Å²) in [6.07, 6.45) is 2.13. The summed E-state index contributed by atoms with van der Waals surface area (Å²) >= 11 is 1.39. The standard InChI is InChI=1S/C17H19N3O2S/c1-9-5-6-10(2)11(7-9)12-8-13(21)18-15-14(12)16(22)19-17(23-4)20(15)3/h5-7,12H,8H2,1-4H3,(H,18,21)/t12-/m0/s1. The van der Waals surface area contributed by atoms with E-state index in [1.807, 2.05) is 39.3 Å². The molecule has 0 fully saturated rings. The number of aromatic nitrogens is 2. The lowest BCUT2D eigenvalue weighted by Gasteiger charge is -2.28. The SMILES string of the molecule is CSc1nc(=O)c2c(n1C)NC(=O)C[C@H]2c1cc(C)ccc1C. The van der Waals surface area contributed by atoms with Crippen LogP contribution in [0.3, 0.4) is 0 Å². The number of amides is 1. The number of thioether (sulfide) groups is 1. The normalized spacial score (nSPS) is 16.9. The molecule has 2 heterocycles. The maximum atomic E-state index is 12.6. The number of carbonyl (C=O) groups is 1. The summed E-state index contributed by atoms with van der Waals surface area (Å²) in [6.45, 7) is 4.02. The Kier molecular flexibility index (Phi) is 4.02. The fourth-order valence-corrected chi connectivity index (χ4v) is 3.66. The highest BCUT2D eigenvalue weighted by atomic mass is 32.2. The topological polar surface area (TPSA) is 64.0 Å². The van der Waals surface area contributed by atoms with Crippen molar-refractivity contribution >= 4 is 23.5 Å². The first-order valence-electron chi connectivity index (χ1n) is 7.44. The second kappa shape index (κ2) is 5.85. The van der Waals surface area contributed by atoms with Gasteiger partial charge in [-0.1, -0.05) is 35.5 Å². The van der Waals surface area contributed by atoms with Crippen molar-refractivity contribution in [2.45, 2.75) is 31.3 Å². The Morgan fingerprint density at radius 1 is 1.30 bits per heavy atom. The van der Waals surface area contributed by atoms with Crippen LogP contribution in [0.2, 0.25) is 0 Å². The van der Waals surface area contributed by atoms with Crippen LogP contribution in [0, 0.1) is 13.8 Å². The molecule has 23 heavy (non-hydrogen) atoms. The van der Waals surface area contributed by atoms with E-state index in [1.54, 1.807) is 4.57 Å². The van der Waals surface area contributed by atoms with Gasteiger partial charge in [0.15, 0.2) is 5.16 Å². The Morgan fingerprint density at radius 3 is 2.74 bits per heavy atom. The quantitative estimate of drug-likeness (QED) is 0.679. The smallest absolute Gasteiger partial charge is 0.279 e. The van der Waals surface area contributed by atoms with Gasteiger partial charge in [-0.15, -0.1) is 0 Å². The third kappa shape index (κ3) is 2.67. The number of carbonyl (C=O) groups excluding carboxylic acids is 1. The Hall–Kier alpha value is -2.08. The Bertz CT molecular complexity index is 858. The molecule has 0 saturated carbocycles. The first-order chi connectivity index (χ1) is 10.9. The number of anilines is 1. The van der Waals surface area contributed by atoms with Gasteiger partial charge in [0, 0.05) is 19.4 Å². The number of hydrogen-bond acceptors (Lipinski definition) is 4. The zero-order valence-electron chi connectivity index (χ0n) is 13.6. The predicted molar refractivity (Wildman–Crippen MR) is 92.3 cm³/mol. The number of nitrogens with zero attached hydrogens (tertiary/aromatic N) is 2. The monoisotopic (exact) mass is 329 g/mol. The second-order valence-electron chi connectivity index (χ2n) is 5.89. The average Bonchev–Trinajstić information content (AvgIpc) is 2.52. The van der Waals surface area contributed by atoms with E-state index in [-0.39, 0.29) is 23.8 Å². The lowest BCUT2D eigenvalue weighted by Crippen LogP contribution is -2.33. The van der Waals surface area contributed by atoms with Crippen LogP contribution in [-0.4, -0.2) is 21.7 Å². The van der Waals surface area contributed by atoms with Crippen LogP contribution in [0.5, 0.6) is 0 Å². The second-order valence-corrected chi connectivity index (χ2v) is 6.66. The Balaban J connectivity index is 2.28. The van der Waals surface area contributed by atoms with Crippen LogP contribution >= 0.6 is 11.8 Å². The molecule has 1 aliphatic rings. The lowest BCUT2D eigenvalue weighted by molar-refractivity contribution is -0.116. The van der Waals surface area contributed by atoms with Crippen LogP contribution in [0.4, 0.5) is 5.82 Å². The van der Waals surface area contributed by atoms with E-state index in [0.29, 0.717) is 16.5 Å². The van der Waals surface area contributed by atoms with Crippen molar-refractivity contribution in [3.8, 4) is 0 Å². The van der Waals surface area contributed by atoms with Crippen LogP contribution < -0.4 is 10.9 Å². The molecule has 1 aromatic carbocycles. The number of rotatable bonds is 2. The molecule has 0 bridgehead atoms. The molecule has 0 spiro atoms. The van der Waals surface area contributed by atoms with Gasteiger partial charge in [0.05, 0.1) is 5.56 Å². The summed E-state index contributed by atoms with van der Waals surface area (Å²) in [5.74, 6) is 0.244. The van der Waals surface area contributed by atoms with E-state index in [4.69, 9.17) is 0 Å². The molecule has 1 amide bonds. The van der Waals surface area contributed by atoms with Gasteiger partial charge in [-0.2, -0.15) is 4.98 Å².